The highest BCUT2D eigenvalue weighted by molar-refractivity contribution is 14.1. The summed E-state index contributed by atoms with van der Waals surface area (Å²) in [5.41, 5.74) is 2.49. The van der Waals surface area contributed by atoms with Crippen LogP contribution in [0.5, 0.6) is 0 Å². The number of hydrogen-bond acceptors (Lipinski definition) is 5. The Hall–Kier alpha value is -2.19. The fourth-order valence-corrected chi connectivity index (χ4v) is 3.82. The summed E-state index contributed by atoms with van der Waals surface area (Å²) >= 11 is 2.22. The first-order valence-electron chi connectivity index (χ1n) is 8.43. The highest BCUT2D eigenvalue weighted by atomic mass is 127. The topological polar surface area (TPSA) is 58.6 Å². The van der Waals surface area contributed by atoms with E-state index in [2.05, 4.69) is 27.9 Å². The van der Waals surface area contributed by atoms with E-state index >= 15 is 0 Å². The second kappa shape index (κ2) is 7.20. The Morgan fingerprint density at radius 2 is 1.62 bits per heavy atom. The van der Waals surface area contributed by atoms with E-state index in [9.17, 15) is 9.59 Å². The number of anilines is 1. The molecule has 2 aliphatic rings. The lowest BCUT2D eigenvalue weighted by Crippen LogP contribution is -2.42. The van der Waals surface area contributed by atoms with E-state index < -0.39 is 0 Å². The first-order valence-corrected chi connectivity index (χ1v) is 9.51. The number of rotatable bonds is 3. The van der Waals surface area contributed by atoms with Crippen LogP contribution in [0.15, 0.2) is 59.9 Å². The molecule has 0 bridgehead atoms. The molecule has 2 aromatic rings. The summed E-state index contributed by atoms with van der Waals surface area (Å²) in [7, 11) is 0. The molecule has 2 aromatic carbocycles. The number of fused-ring (bicyclic) bond motifs is 1. The number of morpholine rings is 1. The van der Waals surface area contributed by atoms with Crippen molar-refractivity contribution >= 4 is 39.8 Å². The van der Waals surface area contributed by atoms with Crippen LogP contribution in [0.3, 0.4) is 0 Å². The van der Waals surface area contributed by atoms with Crippen molar-refractivity contribution in [1.29, 1.82) is 0 Å². The fourth-order valence-electron chi connectivity index (χ4n) is 3.28. The Labute approximate surface area is 165 Å². The molecule has 0 spiro atoms. The van der Waals surface area contributed by atoms with Crippen LogP contribution in [0.1, 0.15) is 20.7 Å². The molecule has 4 rings (SSSR count). The monoisotopic (exact) mass is 460 g/mol. The van der Waals surface area contributed by atoms with Gasteiger partial charge in [0.15, 0.2) is 0 Å². The number of Topliss-reactive ketones (excluding diaryl/α,β-unsaturated/α-hetero) is 2. The lowest BCUT2D eigenvalue weighted by atomic mass is 9.89. The zero-order chi connectivity index (χ0) is 18.1. The Morgan fingerprint density at radius 3 is 2.31 bits per heavy atom. The molecule has 5 nitrogen and oxygen atoms in total. The van der Waals surface area contributed by atoms with E-state index in [4.69, 9.17) is 4.74 Å². The Morgan fingerprint density at radius 1 is 0.923 bits per heavy atom. The number of ketones is 2. The quantitative estimate of drug-likeness (QED) is 0.713. The number of nitrogens with zero attached hydrogens (tertiary/aromatic N) is 1. The molecular formula is C20H17IN2O3. The van der Waals surface area contributed by atoms with Crippen molar-refractivity contribution in [2.45, 2.75) is 0 Å². The van der Waals surface area contributed by atoms with Gasteiger partial charge in [0.2, 0.25) is 11.6 Å². The molecule has 0 radical (unpaired) electrons. The van der Waals surface area contributed by atoms with E-state index in [1.165, 1.54) is 0 Å². The molecule has 0 atom stereocenters. The van der Waals surface area contributed by atoms with Gasteiger partial charge in [-0.05, 0) is 40.8 Å². The Kier molecular flexibility index (Phi) is 4.78. The van der Waals surface area contributed by atoms with E-state index in [-0.39, 0.29) is 11.6 Å². The maximum Gasteiger partial charge on any atom is 0.212 e. The van der Waals surface area contributed by atoms with Gasteiger partial charge in [0, 0.05) is 33.5 Å². The Balaban J connectivity index is 1.82. The average Bonchev–Trinajstić information content (AvgIpc) is 2.67. The standard InChI is InChI=1S/C20H17IN2O3/c21-13-4-3-5-14(12-13)22-17-18(23-8-10-26-11-9-23)20(25)16-7-2-1-6-15(16)19(17)24/h1-7,12,22H,8-11H2. The lowest BCUT2D eigenvalue weighted by Gasteiger charge is -2.34. The van der Waals surface area contributed by atoms with Crippen molar-refractivity contribution in [2.24, 2.45) is 0 Å². The molecule has 6 heteroatoms. The molecule has 1 fully saturated rings. The molecular weight excluding hydrogens is 443 g/mol. The third-order valence-corrected chi connectivity index (χ3v) is 5.19. The van der Waals surface area contributed by atoms with Crippen molar-refractivity contribution in [1.82, 2.24) is 4.90 Å². The number of nitrogens with one attached hydrogen (secondary N) is 1. The molecule has 0 aromatic heterocycles. The summed E-state index contributed by atoms with van der Waals surface area (Å²) in [5.74, 6) is -0.268. The number of allylic oxidation sites excluding steroid dienone is 2. The molecule has 132 valence electrons. The SMILES string of the molecule is O=C1C(Nc2cccc(I)c2)=C(N2CCOCC2)C(=O)c2ccccc21. The van der Waals surface area contributed by atoms with E-state index in [1.54, 1.807) is 24.3 Å². The van der Waals surface area contributed by atoms with E-state index in [0.29, 0.717) is 48.8 Å². The molecule has 1 aliphatic heterocycles. The summed E-state index contributed by atoms with van der Waals surface area (Å²) < 4.78 is 6.46. The molecule has 1 N–H and O–H groups in total. The molecule has 1 heterocycles. The van der Waals surface area contributed by atoms with Gasteiger partial charge < -0.3 is 15.0 Å². The smallest absolute Gasteiger partial charge is 0.212 e. The second-order valence-corrected chi connectivity index (χ2v) is 7.41. The zero-order valence-corrected chi connectivity index (χ0v) is 16.2. The van der Waals surface area contributed by atoms with Crippen molar-refractivity contribution in [3.8, 4) is 0 Å². The van der Waals surface area contributed by atoms with Crippen LogP contribution in [0, 0.1) is 3.57 Å². The minimum atomic E-state index is -0.152. The van der Waals surface area contributed by atoms with Gasteiger partial charge in [0.25, 0.3) is 0 Å². The van der Waals surface area contributed by atoms with Gasteiger partial charge in [0.1, 0.15) is 11.4 Å². The van der Waals surface area contributed by atoms with E-state index in [0.717, 1.165) is 9.26 Å². The van der Waals surface area contributed by atoms with Gasteiger partial charge in [-0.1, -0.05) is 30.3 Å². The largest absolute Gasteiger partial charge is 0.378 e. The molecule has 0 saturated carbocycles. The van der Waals surface area contributed by atoms with E-state index in [1.807, 2.05) is 29.2 Å². The fraction of sp³-hybridized carbons (Fsp3) is 0.200. The van der Waals surface area contributed by atoms with Crippen LogP contribution in [0.25, 0.3) is 0 Å². The summed E-state index contributed by atoms with van der Waals surface area (Å²) in [4.78, 5) is 28.3. The van der Waals surface area contributed by atoms with Crippen molar-refractivity contribution < 1.29 is 14.3 Å². The number of ether oxygens (including phenoxy) is 1. The van der Waals surface area contributed by atoms with Gasteiger partial charge in [0.05, 0.1) is 13.2 Å². The average molecular weight is 460 g/mol. The first-order chi connectivity index (χ1) is 12.6. The predicted octanol–water partition coefficient (Wildman–Crippen LogP) is 3.33. The van der Waals surface area contributed by atoms with Gasteiger partial charge in [-0.15, -0.1) is 0 Å². The third kappa shape index (κ3) is 3.14. The van der Waals surface area contributed by atoms with Crippen molar-refractivity contribution in [3.63, 3.8) is 0 Å². The van der Waals surface area contributed by atoms with Gasteiger partial charge in [-0.25, -0.2) is 0 Å². The van der Waals surface area contributed by atoms with Crippen LogP contribution < -0.4 is 5.32 Å². The summed E-state index contributed by atoms with van der Waals surface area (Å²) in [6.45, 7) is 2.27. The number of carbonyl (C=O) groups excluding carboxylic acids is 2. The predicted molar refractivity (Wildman–Crippen MR) is 107 cm³/mol. The second-order valence-electron chi connectivity index (χ2n) is 6.16. The number of hydrogen-bond donors (Lipinski definition) is 1. The van der Waals surface area contributed by atoms with Gasteiger partial charge in [-0.2, -0.15) is 0 Å². The minimum Gasteiger partial charge on any atom is -0.378 e. The van der Waals surface area contributed by atoms with Gasteiger partial charge >= 0.3 is 0 Å². The first kappa shape index (κ1) is 17.2. The normalized spacial score (nSPS) is 17.3. The molecule has 1 saturated heterocycles. The van der Waals surface area contributed by atoms with Gasteiger partial charge in [-0.3, -0.25) is 9.59 Å². The number of halogens is 1. The number of carbonyl (C=O) groups is 2. The maximum atomic E-state index is 13.2. The lowest BCUT2D eigenvalue weighted by molar-refractivity contribution is 0.0496. The zero-order valence-electron chi connectivity index (χ0n) is 14.0. The maximum absolute atomic E-state index is 13.2. The van der Waals surface area contributed by atoms with Crippen LogP contribution in [0.2, 0.25) is 0 Å². The third-order valence-electron chi connectivity index (χ3n) is 4.52. The highest BCUT2D eigenvalue weighted by Crippen LogP contribution is 2.30. The highest BCUT2D eigenvalue weighted by Gasteiger charge is 2.35. The minimum absolute atomic E-state index is 0.116. The van der Waals surface area contributed by atoms with Crippen molar-refractivity contribution in [2.75, 3.05) is 31.6 Å². The summed E-state index contributed by atoms with van der Waals surface area (Å²) in [5, 5.41) is 3.21. The molecule has 0 amide bonds. The van der Waals surface area contributed by atoms with Crippen LogP contribution >= 0.6 is 22.6 Å². The van der Waals surface area contributed by atoms with Crippen LogP contribution in [0.4, 0.5) is 5.69 Å². The summed E-state index contributed by atoms with van der Waals surface area (Å²) in [6.07, 6.45) is 0. The van der Waals surface area contributed by atoms with Crippen molar-refractivity contribution in [3.05, 3.63) is 74.6 Å². The summed E-state index contributed by atoms with van der Waals surface area (Å²) in [6, 6.07) is 14.7. The van der Waals surface area contributed by atoms with Crippen LogP contribution in [-0.4, -0.2) is 42.8 Å². The molecule has 26 heavy (non-hydrogen) atoms. The van der Waals surface area contributed by atoms with Crippen LogP contribution in [-0.2, 0) is 4.74 Å². The molecule has 0 unspecified atom stereocenters. The Bertz CT molecular complexity index is 917. The number of benzene rings is 2. The molecule has 1 aliphatic carbocycles.